The van der Waals surface area contributed by atoms with Crippen LogP contribution in [0.15, 0.2) is 45.8 Å². The Kier molecular flexibility index (Phi) is 7.61. The number of thioether (sulfide) groups is 1. The first-order valence-electron chi connectivity index (χ1n) is 9.83. The Bertz CT molecular complexity index is 989. The van der Waals surface area contributed by atoms with Crippen LogP contribution in [0.25, 0.3) is 6.08 Å². The molecule has 0 atom stereocenters. The molecule has 2 aromatic rings. The molecule has 1 aliphatic rings. The number of hydrogen-bond acceptors (Lipinski definition) is 5. The first-order chi connectivity index (χ1) is 14.4. The standard InChI is InChI=1S/C23H24BrNO4S/c1-4-9-29-21-18(24)11-17(12-19(21)28-5-2)13-20-22(26)25(23(27)30-20)14-16-8-6-7-15(3)10-16/h6-8,10-13H,4-5,9,14H2,1-3H3/b20-13-. The molecule has 7 heteroatoms. The van der Waals surface area contributed by atoms with Crippen LogP contribution in [-0.4, -0.2) is 29.3 Å². The minimum atomic E-state index is -0.285. The van der Waals surface area contributed by atoms with Crippen LogP contribution in [0.3, 0.4) is 0 Å². The third-order valence-corrected chi connectivity index (χ3v) is 5.87. The first-order valence-corrected chi connectivity index (χ1v) is 11.4. The van der Waals surface area contributed by atoms with Gasteiger partial charge in [0.1, 0.15) is 0 Å². The normalized spacial score (nSPS) is 15.2. The van der Waals surface area contributed by atoms with E-state index in [-0.39, 0.29) is 17.7 Å². The number of amides is 2. The van der Waals surface area contributed by atoms with Gasteiger partial charge in [0.15, 0.2) is 11.5 Å². The second-order valence-electron chi connectivity index (χ2n) is 6.87. The Hall–Kier alpha value is -2.25. The molecule has 0 bridgehead atoms. The largest absolute Gasteiger partial charge is 0.490 e. The van der Waals surface area contributed by atoms with Gasteiger partial charge in [0.2, 0.25) is 0 Å². The molecule has 0 N–H and O–H groups in total. The predicted octanol–water partition coefficient (Wildman–Crippen LogP) is 6.18. The van der Waals surface area contributed by atoms with E-state index in [1.54, 1.807) is 6.08 Å². The number of rotatable bonds is 8. The van der Waals surface area contributed by atoms with Crippen LogP contribution >= 0.6 is 27.7 Å². The molecule has 0 radical (unpaired) electrons. The fourth-order valence-electron chi connectivity index (χ4n) is 3.06. The van der Waals surface area contributed by atoms with Crippen LogP contribution in [0.2, 0.25) is 0 Å². The summed E-state index contributed by atoms with van der Waals surface area (Å²) in [6, 6.07) is 11.5. The molecular weight excluding hydrogens is 466 g/mol. The summed E-state index contributed by atoms with van der Waals surface area (Å²) >= 11 is 4.49. The molecule has 0 aromatic heterocycles. The zero-order valence-corrected chi connectivity index (χ0v) is 19.6. The number of carbonyl (C=O) groups is 2. The smallest absolute Gasteiger partial charge is 0.293 e. The lowest BCUT2D eigenvalue weighted by Gasteiger charge is -2.14. The molecule has 1 heterocycles. The fraction of sp³-hybridized carbons (Fsp3) is 0.304. The van der Waals surface area contributed by atoms with Crippen molar-refractivity contribution in [2.24, 2.45) is 0 Å². The number of carbonyl (C=O) groups excluding carboxylic acids is 2. The van der Waals surface area contributed by atoms with Crippen LogP contribution in [-0.2, 0) is 11.3 Å². The summed E-state index contributed by atoms with van der Waals surface area (Å²) in [4.78, 5) is 27.0. The molecule has 30 heavy (non-hydrogen) atoms. The molecule has 5 nitrogen and oxygen atoms in total. The minimum Gasteiger partial charge on any atom is -0.490 e. The molecule has 0 spiro atoms. The van der Waals surface area contributed by atoms with Crippen LogP contribution in [0.5, 0.6) is 11.5 Å². The lowest BCUT2D eigenvalue weighted by Crippen LogP contribution is -2.27. The monoisotopic (exact) mass is 489 g/mol. The number of aryl methyl sites for hydroxylation is 1. The number of imide groups is 1. The van der Waals surface area contributed by atoms with E-state index in [2.05, 4.69) is 15.9 Å². The molecular formula is C23H24BrNO4S. The fourth-order valence-corrected chi connectivity index (χ4v) is 4.47. The molecule has 1 aliphatic heterocycles. The summed E-state index contributed by atoms with van der Waals surface area (Å²) in [5.41, 5.74) is 2.78. The van der Waals surface area contributed by atoms with Gasteiger partial charge >= 0.3 is 0 Å². The zero-order chi connectivity index (χ0) is 21.7. The summed E-state index contributed by atoms with van der Waals surface area (Å²) in [6.07, 6.45) is 2.60. The first kappa shape index (κ1) is 22.4. The van der Waals surface area contributed by atoms with E-state index in [0.717, 1.165) is 39.3 Å². The highest BCUT2D eigenvalue weighted by Gasteiger charge is 2.35. The Labute approximate surface area is 189 Å². The number of ether oxygens (including phenoxy) is 2. The minimum absolute atomic E-state index is 0.264. The molecule has 1 saturated heterocycles. The van der Waals surface area contributed by atoms with Crippen LogP contribution in [0.1, 0.15) is 37.0 Å². The van der Waals surface area contributed by atoms with Crippen molar-refractivity contribution in [2.45, 2.75) is 33.7 Å². The number of hydrogen-bond donors (Lipinski definition) is 0. The quantitative estimate of drug-likeness (QED) is 0.414. The van der Waals surface area contributed by atoms with Gasteiger partial charge in [-0.1, -0.05) is 36.8 Å². The lowest BCUT2D eigenvalue weighted by molar-refractivity contribution is -0.123. The lowest BCUT2D eigenvalue weighted by atomic mass is 10.1. The number of halogens is 1. The van der Waals surface area contributed by atoms with Crippen molar-refractivity contribution < 1.29 is 19.1 Å². The molecule has 1 fully saturated rings. The number of nitrogens with zero attached hydrogens (tertiary/aromatic N) is 1. The van der Waals surface area contributed by atoms with E-state index in [9.17, 15) is 9.59 Å². The topological polar surface area (TPSA) is 55.8 Å². The maximum Gasteiger partial charge on any atom is 0.293 e. The van der Waals surface area contributed by atoms with Crippen molar-refractivity contribution in [3.8, 4) is 11.5 Å². The zero-order valence-electron chi connectivity index (χ0n) is 17.2. The molecule has 0 aliphatic carbocycles. The van der Waals surface area contributed by atoms with E-state index in [4.69, 9.17) is 9.47 Å². The van der Waals surface area contributed by atoms with E-state index < -0.39 is 0 Å². The molecule has 0 saturated carbocycles. The Morgan fingerprint density at radius 1 is 1.13 bits per heavy atom. The Morgan fingerprint density at radius 2 is 1.93 bits per heavy atom. The summed E-state index contributed by atoms with van der Waals surface area (Å²) < 4.78 is 12.3. The van der Waals surface area contributed by atoms with Gasteiger partial charge in [-0.25, -0.2) is 0 Å². The average Bonchev–Trinajstić information content (AvgIpc) is 2.95. The van der Waals surface area contributed by atoms with E-state index in [0.29, 0.717) is 29.6 Å². The third-order valence-electron chi connectivity index (χ3n) is 4.38. The average molecular weight is 490 g/mol. The van der Waals surface area contributed by atoms with Gasteiger partial charge in [-0.3, -0.25) is 14.5 Å². The summed E-state index contributed by atoms with van der Waals surface area (Å²) in [6.45, 7) is 7.26. The molecule has 158 valence electrons. The van der Waals surface area contributed by atoms with Crippen LogP contribution < -0.4 is 9.47 Å². The van der Waals surface area contributed by atoms with Gasteiger partial charge in [0.25, 0.3) is 11.1 Å². The van der Waals surface area contributed by atoms with E-state index in [1.165, 1.54) is 4.90 Å². The van der Waals surface area contributed by atoms with Crippen LogP contribution in [0.4, 0.5) is 4.79 Å². The van der Waals surface area contributed by atoms with Gasteiger partial charge in [0.05, 0.1) is 29.1 Å². The van der Waals surface area contributed by atoms with E-state index in [1.807, 2.05) is 57.2 Å². The maximum absolute atomic E-state index is 12.9. The summed E-state index contributed by atoms with van der Waals surface area (Å²) in [5.74, 6) is 0.959. The summed E-state index contributed by atoms with van der Waals surface area (Å²) in [5, 5.41) is -0.264. The Morgan fingerprint density at radius 3 is 2.63 bits per heavy atom. The van der Waals surface area contributed by atoms with Gasteiger partial charge in [-0.15, -0.1) is 0 Å². The van der Waals surface area contributed by atoms with Gasteiger partial charge in [-0.2, -0.15) is 0 Å². The highest BCUT2D eigenvalue weighted by Crippen LogP contribution is 2.39. The van der Waals surface area contributed by atoms with Gasteiger partial charge < -0.3 is 9.47 Å². The predicted molar refractivity (Wildman–Crippen MR) is 124 cm³/mol. The van der Waals surface area contributed by atoms with Crippen molar-refractivity contribution in [2.75, 3.05) is 13.2 Å². The highest BCUT2D eigenvalue weighted by atomic mass is 79.9. The van der Waals surface area contributed by atoms with Crippen molar-refractivity contribution in [1.82, 2.24) is 4.90 Å². The van der Waals surface area contributed by atoms with Gasteiger partial charge in [0, 0.05) is 0 Å². The molecule has 3 rings (SSSR count). The SMILES string of the molecule is CCCOc1c(Br)cc(/C=C2\SC(=O)N(Cc3cccc(C)c3)C2=O)cc1OCC. The van der Waals surface area contributed by atoms with Crippen molar-refractivity contribution in [1.29, 1.82) is 0 Å². The second kappa shape index (κ2) is 10.2. The highest BCUT2D eigenvalue weighted by molar-refractivity contribution is 9.10. The number of benzene rings is 2. The van der Waals surface area contributed by atoms with Crippen molar-refractivity contribution in [3.63, 3.8) is 0 Å². The third kappa shape index (κ3) is 5.26. The van der Waals surface area contributed by atoms with Crippen molar-refractivity contribution in [3.05, 3.63) is 62.5 Å². The Balaban J connectivity index is 1.85. The van der Waals surface area contributed by atoms with Crippen molar-refractivity contribution >= 4 is 44.9 Å². The molecule has 0 unspecified atom stereocenters. The maximum atomic E-state index is 12.9. The van der Waals surface area contributed by atoms with E-state index >= 15 is 0 Å². The molecule has 2 aromatic carbocycles. The van der Waals surface area contributed by atoms with Gasteiger partial charge in [-0.05, 0) is 77.3 Å². The summed E-state index contributed by atoms with van der Waals surface area (Å²) in [7, 11) is 0. The van der Waals surface area contributed by atoms with Crippen LogP contribution in [0, 0.1) is 6.92 Å². The molecule has 2 amide bonds. The second-order valence-corrected chi connectivity index (χ2v) is 8.72.